The highest BCUT2D eigenvalue weighted by molar-refractivity contribution is 7.48. The molecule has 0 aliphatic heterocycles. The Morgan fingerprint density at radius 3 is 2.77 bits per heavy atom. The zero-order valence-electron chi connectivity index (χ0n) is 7.43. The average Bonchev–Trinajstić information content (AvgIpc) is 2.03. The molecular weight excluding hydrogens is 195 g/mol. The van der Waals surface area contributed by atoms with Crippen molar-refractivity contribution in [3.8, 4) is 0 Å². The Morgan fingerprint density at radius 1 is 1.69 bits per heavy atom. The molecule has 1 N–H and O–H groups in total. The minimum Gasteiger partial charge on any atom is -0.367 e. The predicted octanol–water partition coefficient (Wildman–Crippen LogP) is 1.63. The molecule has 1 atom stereocenters. The largest absolute Gasteiger partial charge is 0.529 e. The number of hydrogen-bond acceptors (Lipinski definition) is 4. The van der Waals surface area contributed by atoms with Crippen LogP contribution in [0, 0.1) is 0 Å². The van der Waals surface area contributed by atoms with Gasteiger partial charge in [-0.25, -0.2) is 9.36 Å². The summed E-state index contributed by atoms with van der Waals surface area (Å²) in [5, 5.41) is 0. The van der Waals surface area contributed by atoms with Crippen LogP contribution in [-0.2, 0) is 18.4 Å². The molecule has 0 aromatic heterocycles. The van der Waals surface area contributed by atoms with E-state index in [0.29, 0.717) is 6.42 Å². The second-order valence-corrected chi connectivity index (χ2v) is 3.65. The highest BCUT2D eigenvalue weighted by Gasteiger charge is 2.24. The van der Waals surface area contributed by atoms with Crippen LogP contribution in [0.2, 0.25) is 0 Å². The lowest BCUT2D eigenvalue weighted by Crippen LogP contribution is -2.01. The molecule has 5 nitrogen and oxygen atoms in total. The van der Waals surface area contributed by atoms with Gasteiger partial charge in [-0.1, -0.05) is 19.9 Å². The molecule has 0 radical (unpaired) electrons. The lowest BCUT2D eigenvalue weighted by Gasteiger charge is -2.09. The molecule has 0 spiro atoms. The Balaban J connectivity index is 3.86. The van der Waals surface area contributed by atoms with Crippen molar-refractivity contribution in [3.05, 3.63) is 12.7 Å². The third-order valence-corrected chi connectivity index (χ3v) is 2.04. The van der Waals surface area contributed by atoms with Crippen molar-refractivity contribution in [3.63, 3.8) is 0 Å². The van der Waals surface area contributed by atoms with Crippen molar-refractivity contribution in [1.82, 2.24) is 0 Å². The molecule has 76 valence electrons. The third-order valence-electron chi connectivity index (χ3n) is 1.12. The van der Waals surface area contributed by atoms with Gasteiger partial charge in [0.25, 0.3) is 0 Å². The summed E-state index contributed by atoms with van der Waals surface area (Å²) in [6.45, 7) is 5.08. The van der Waals surface area contributed by atoms with Crippen molar-refractivity contribution in [1.29, 1.82) is 0 Å². The summed E-state index contributed by atoms with van der Waals surface area (Å²) in [5.41, 5.74) is 0. The zero-order valence-corrected chi connectivity index (χ0v) is 8.33. The quantitative estimate of drug-likeness (QED) is 0.408. The van der Waals surface area contributed by atoms with Gasteiger partial charge in [0, 0.05) is 6.08 Å². The van der Waals surface area contributed by atoms with Crippen molar-refractivity contribution in [2.24, 2.45) is 0 Å². The van der Waals surface area contributed by atoms with E-state index in [0.717, 1.165) is 12.5 Å². The predicted molar refractivity (Wildman–Crippen MR) is 47.0 cm³/mol. The minimum absolute atomic E-state index is 0.0920. The van der Waals surface area contributed by atoms with Crippen LogP contribution in [0.1, 0.15) is 19.8 Å². The fourth-order valence-electron chi connectivity index (χ4n) is 0.502. The number of carbonyl (C=O) groups excluding carboxylic acids is 1. The van der Waals surface area contributed by atoms with Gasteiger partial charge >= 0.3 is 13.8 Å². The second-order valence-electron chi connectivity index (χ2n) is 2.27. The van der Waals surface area contributed by atoms with Gasteiger partial charge in [0.15, 0.2) is 0 Å². The summed E-state index contributed by atoms with van der Waals surface area (Å²) in [7, 11) is -4.22. The van der Waals surface area contributed by atoms with Crippen LogP contribution in [0.3, 0.4) is 0 Å². The average molecular weight is 208 g/mol. The molecule has 0 aliphatic carbocycles. The number of unbranched alkanes of at least 4 members (excludes halogenated alkanes) is 1. The van der Waals surface area contributed by atoms with Crippen LogP contribution < -0.4 is 0 Å². The van der Waals surface area contributed by atoms with E-state index in [9.17, 15) is 9.36 Å². The van der Waals surface area contributed by atoms with E-state index in [2.05, 4.69) is 15.6 Å². The Bertz CT molecular complexity index is 225. The molecule has 0 fully saturated rings. The molecule has 0 aromatic rings. The molecule has 13 heavy (non-hydrogen) atoms. The number of carbonyl (C=O) groups is 1. The molecule has 0 heterocycles. The topological polar surface area (TPSA) is 72.8 Å². The Hall–Kier alpha value is -0.640. The molecule has 0 saturated heterocycles. The molecule has 0 bridgehead atoms. The van der Waals surface area contributed by atoms with E-state index in [1.54, 1.807) is 0 Å². The van der Waals surface area contributed by atoms with Gasteiger partial charge in [0.1, 0.15) is 0 Å². The van der Waals surface area contributed by atoms with Gasteiger partial charge in [0.05, 0.1) is 6.61 Å². The lowest BCUT2D eigenvalue weighted by molar-refractivity contribution is -0.130. The van der Waals surface area contributed by atoms with E-state index in [1.807, 2.05) is 6.92 Å². The van der Waals surface area contributed by atoms with Crippen LogP contribution in [0.25, 0.3) is 0 Å². The van der Waals surface area contributed by atoms with Gasteiger partial charge < -0.3 is 4.52 Å². The Morgan fingerprint density at radius 2 is 2.31 bits per heavy atom. The van der Waals surface area contributed by atoms with Crippen LogP contribution in [-0.4, -0.2) is 17.5 Å². The monoisotopic (exact) mass is 208 g/mol. The lowest BCUT2D eigenvalue weighted by atomic mass is 10.4. The maximum atomic E-state index is 10.9. The van der Waals surface area contributed by atoms with Crippen LogP contribution >= 0.6 is 7.82 Å². The molecule has 0 aliphatic rings. The molecular formula is C7H13O5P. The van der Waals surface area contributed by atoms with Gasteiger partial charge in [-0.2, -0.15) is 0 Å². The fraction of sp³-hybridized carbons (Fsp3) is 0.571. The first-order valence-electron chi connectivity index (χ1n) is 3.85. The van der Waals surface area contributed by atoms with Gasteiger partial charge in [-0.05, 0) is 6.42 Å². The van der Waals surface area contributed by atoms with E-state index in [4.69, 9.17) is 4.89 Å². The van der Waals surface area contributed by atoms with Crippen molar-refractivity contribution < 1.29 is 23.3 Å². The zero-order chi connectivity index (χ0) is 10.3. The van der Waals surface area contributed by atoms with E-state index < -0.39 is 13.8 Å². The number of hydrogen-bond donors (Lipinski definition) is 1. The van der Waals surface area contributed by atoms with Gasteiger partial charge in [-0.3, -0.25) is 9.42 Å². The summed E-state index contributed by atoms with van der Waals surface area (Å²) in [6.07, 6.45) is 2.26. The summed E-state index contributed by atoms with van der Waals surface area (Å²) < 4.78 is 19.4. The summed E-state index contributed by atoms with van der Waals surface area (Å²) in [4.78, 5) is 19.4. The van der Waals surface area contributed by atoms with E-state index in [-0.39, 0.29) is 6.61 Å². The van der Waals surface area contributed by atoms with Crippen molar-refractivity contribution in [2.75, 3.05) is 6.61 Å². The summed E-state index contributed by atoms with van der Waals surface area (Å²) >= 11 is 0. The highest BCUT2D eigenvalue weighted by atomic mass is 31.2. The SMILES string of the molecule is C=CC(=O)OP(=O)(O)OCCCC. The van der Waals surface area contributed by atoms with Crippen molar-refractivity contribution >= 4 is 13.8 Å². The highest BCUT2D eigenvalue weighted by Crippen LogP contribution is 2.43. The van der Waals surface area contributed by atoms with E-state index in [1.165, 1.54) is 0 Å². The molecule has 0 rings (SSSR count). The summed E-state index contributed by atoms with van der Waals surface area (Å²) in [5.74, 6) is -0.970. The van der Waals surface area contributed by atoms with Crippen LogP contribution in [0.15, 0.2) is 12.7 Å². The molecule has 0 aromatic carbocycles. The summed E-state index contributed by atoms with van der Waals surface area (Å²) in [6, 6.07) is 0. The number of rotatable bonds is 6. The first-order valence-corrected chi connectivity index (χ1v) is 5.34. The normalized spacial score (nSPS) is 14.6. The van der Waals surface area contributed by atoms with E-state index >= 15 is 0 Å². The minimum atomic E-state index is -4.22. The van der Waals surface area contributed by atoms with Gasteiger partial charge in [0.2, 0.25) is 0 Å². The molecule has 0 saturated carbocycles. The molecule has 1 unspecified atom stereocenters. The third kappa shape index (κ3) is 6.51. The first-order chi connectivity index (χ1) is 6.02. The van der Waals surface area contributed by atoms with Crippen molar-refractivity contribution in [2.45, 2.75) is 19.8 Å². The van der Waals surface area contributed by atoms with Gasteiger partial charge in [-0.15, -0.1) is 0 Å². The standard InChI is InChI=1S/C7H13O5P/c1-3-5-6-11-13(9,10)12-7(8)4-2/h4H,2-3,5-6H2,1H3,(H,9,10). The molecule has 0 amide bonds. The maximum Gasteiger partial charge on any atom is 0.529 e. The van der Waals surface area contributed by atoms with Crippen LogP contribution in [0.5, 0.6) is 0 Å². The Kier molecular flexibility index (Phi) is 5.62. The number of phosphoric ester groups is 1. The first kappa shape index (κ1) is 12.4. The Labute approximate surface area is 77.0 Å². The second kappa shape index (κ2) is 5.91. The molecule has 6 heteroatoms. The smallest absolute Gasteiger partial charge is 0.367 e. The fourth-order valence-corrected chi connectivity index (χ4v) is 1.22. The maximum absolute atomic E-state index is 10.9. The number of phosphoric acid groups is 1. The van der Waals surface area contributed by atoms with Crippen LogP contribution in [0.4, 0.5) is 0 Å².